The van der Waals surface area contributed by atoms with Crippen molar-refractivity contribution < 1.29 is 0 Å². The second kappa shape index (κ2) is 6.90. The zero-order chi connectivity index (χ0) is 13.7. The molecule has 0 aliphatic carbocycles. The number of pyridine rings is 1. The molecule has 1 saturated heterocycles. The molecular formula is C16H27N3. The predicted molar refractivity (Wildman–Crippen MR) is 81.5 cm³/mol. The maximum Gasteiger partial charge on any atom is 0.126 e. The third-order valence-corrected chi connectivity index (χ3v) is 4.05. The molecule has 2 atom stereocenters. The Morgan fingerprint density at radius 1 is 1.42 bits per heavy atom. The Kier molecular flexibility index (Phi) is 5.20. The Hall–Kier alpha value is -1.09. The van der Waals surface area contributed by atoms with Gasteiger partial charge in [0.1, 0.15) is 5.82 Å². The van der Waals surface area contributed by atoms with Crippen LogP contribution in [0.15, 0.2) is 18.3 Å². The van der Waals surface area contributed by atoms with Crippen LogP contribution in [0.1, 0.15) is 58.1 Å². The van der Waals surface area contributed by atoms with E-state index in [1.54, 1.807) is 0 Å². The number of anilines is 1. The molecule has 106 valence electrons. The van der Waals surface area contributed by atoms with E-state index in [2.05, 4.69) is 54.3 Å². The Morgan fingerprint density at radius 3 is 2.89 bits per heavy atom. The van der Waals surface area contributed by atoms with E-state index in [1.165, 1.54) is 37.9 Å². The third kappa shape index (κ3) is 3.69. The van der Waals surface area contributed by atoms with E-state index in [4.69, 9.17) is 0 Å². The first-order valence-electron chi connectivity index (χ1n) is 7.71. The molecule has 1 aliphatic rings. The molecule has 3 nitrogen and oxygen atoms in total. The predicted octanol–water partition coefficient (Wildman–Crippen LogP) is 3.84. The van der Waals surface area contributed by atoms with Gasteiger partial charge in [-0.3, -0.25) is 4.90 Å². The van der Waals surface area contributed by atoms with Crippen LogP contribution < -0.4 is 5.32 Å². The summed E-state index contributed by atoms with van der Waals surface area (Å²) in [7, 11) is 0. The average molecular weight is 261 g/mol. The monoisotopic (exact) mass is 261 g/mol. The summed E-state index contributed by atoms with van der Waals surface area (Å²) >= 11 is 0. The lowest BCUT2D eigenvalue weighted by atomic mass is 10.1. The summed E-state index contributed by atoms with van der Waals surface area (Å²) in [6, 6.07) is 5.45. The van der Waals surface area contributed by atoms with Gasteiger partial charge in [-0.2, -0.15) is 0 Å². The Bertz CT molecular complexity index is 374. The fraction of sp³-hybridized carbons (Fsp3) is 0.688. The van der Waals surface area contributed by atoms with E-state index < -0.39 is 0 Å². The molecule has 3 heteroatoms. The fourth-order valence-electron chi connectivity index (χ4n) is 2.80. The summed E-state index contributed by atoms with van der Waals surface area (Å²) in [4.78, 5) is 7.16. The van der Waals surface area contributed by atoms with Gasteiger partial charge in [-0.15, -0.1) is 0 Å². The molecule has 0 aromatic carbocycles. The van der Waals surface area contributed by atoms with E-state index in [9.17, 15) is 0 Å². The zero-order valence-corrected chi connectivity index (χ0v) is 12.5. The van der Waals surface area contributed by atoms with Crippen molar-refractivity contribution in [3.05, 3.63) is 23.9 Å². The quantitative estimate of drug-likeness (QED) is 0.843. The fourth-order valence-corrected chi connectivity index (χ4v) is 2.80. The van der Waals surface area contributed by atoms with Crippen LogP contribution in [0.3, 0.4) is 0 Å². The van der Waals surface area contributed by atoms with E-state index in [0.29, 0.717) is 12.1 Å². The number of likely N-dealkylation sites (tertiary alicyclic amines) is 1. The van der Waals surface area contributed by atoms with E-state index >= 15 is 0 Å². The summed E-state index contributed by atoms with van der Waals surface area (Å²) in [5.74, 6) is 0.998. The smallest absolute Gasteiger partial charge is 0.126 e. The first kappa shape index (κ1) is 14.3. The highest BCUT2D eigenvalue weighted by atomic mass is 15.2. The lowest BCUT2D eigenvalue weighted by Gasteiger charge is -2.24. The average Bonchev–Trinajstić information content (AvgIpc) is 2.88. The molecule has 2 heterocycles. The highest BCUT2D eigenvalue weighted by Gasteiger charge is 2.25. The molecule has 1 aromatic rings. The Labute approximate surface area is 117 Å². The van der Waals surface area contributed by atoms with Crippen LogP contribution in [0, 0.1) is 0 Å². The van der Waals surface area contributed by atoms with Crippen LogP contribution in [-0.2, 0) is 0 Å². The van der Waals surface area contributed by atoms with Crippen LogP contribution in [-0.4, -0.2) is 29.0 Å². The molecule has 1 aromatic heterocycles. The van der Waals surface area contributed by atoms with Gasteiger partial charge >= 0.3 is 0 Å². The molecule has 1 aliphatic heterocycles. The largest absolute Gasteiger partial charge is 0.368 e. The van der Waals surface area contributed by atoms with Crippen LogP contribution in [0.2, 0.25) is 0 Å². The molecule has 19 heavy (non-hydrogen) atoms. The van der Waals surface area contributed by atoms with E-state index in [0.717, 1.165) is 12.2 Å². The second-order valence-corrected chi connectivity index (χ2v) is 5.62. The summed E-state index contributed by atoms with van der Waals surface area (Å²) < 4.78 is 0. The summed E-state index contributed by atoms with van der Waals surface area (Å²) in [6.45, 7) is 9.08. The highest BCUT2D eigenvalue weighted by Crippen LogP contribution is 2.31. The number of nitrogens with zero attached hydrogens (tertiary/aromatic N) is 2. The van der Waals surface area contributed by atoms with Gasteiger partial charge in [0.25, 0.3) is 0 Å². The van der Waals surface area contributed by atoms with Gasteiger partial charge in [0.15, 0.2) is 0 Å². The van der Waals surface area contributed by atoms with E-state index in [1.807, 2.05) is 0 Å². The lowest BCUT2D eigenvalue weighted by molar-refractivity contribution is 0.257. The van der Waals surface area contributed by atoms with Crippen molar-refractivity contribution in [1.82, 2.24) is 9.88 Å². The SMILES string of the molecule is CCCN1CCC[C@H]1c1ccc(N[C@H](C)CC)nc1. The third-order valence-electron chi connectivity index (χ3n) is 4.05. The number of hydrogen-bond acceptors (Lipinski definition) is 3. The van der Waals surface area contributed by atoms with Crippen molar-refractivity contribution >= 4 is 5.82 Å². The van der Waals surface area contributed by atoms with Crippen LogP contribution in [0.25, 0.3) is 0 Å². The molecule has 1 fully saturated rings. The van der Waals surface area contributed by atoms with Gasteiger partial charge in [0, 0.05) is 18.3 Å². The van der Waals surface area contributed by atoms with Crippen molar-refractivity contribution in [2.45, 2.75) is 58.5 Å². The second-order valence-electron chi connectivity index (χ2n) is 5.62. The van der Waals surface area contributed by atoms with Crippen molar-refractivity contribution in [2.24, 2.45) is 0 Å². The first-order valence-corrected chi connectivity index (χ1v) is 7.71. The van der Waals surface area contributed by atoms with Gasteiger partial charge in [-0.25, -0.2) is 4.98 Å². The van der Waals surface area contributed by atoms with Crippen molar-refractivity contribution in [2.75, 3.05) is 18.4 Å². The lowest BCUT2D eigenvalue weighted by Crippen LogP contribution is -2.24. The number of aromatic nitrogens is 1. The number of rotatable bonds is 6. The molecule has 1 N–H and O–H groups in total. The minimum atomic E-state index is 0.487. The molecule has 0 bridgehead atoms. The Balaban J connectivity index is 2.01. The summed E-state index contributed by atoms with van der Waals surface area (Å²) in [5, 5.41) is 3.42. The van der Waals surface area contributed by atoms with E-state index in [-0.39, 0.29) is 0 Å². The van der Waals surface area contributed by atoms with Crippen molar-refractivity contribution in [3.8, 4) is 0 Å². The molecule has 0 amide bonds. The molecule has 0 saturated carbocycles. The topological polar surface area (TPSA) is 28.2 Å². The molecule has 0 radical (unpaired) electrons. The van der Waals surface area contributed by atoms with Gasteiger partial charge in [0.05, 0.1) is 0 Å². The summed E-state index contributed by atoms with van der Waals surface area (Å²) in [6.07, 6.45) is 7.01. The molecular weight excluding hydrogens is 234 g/mol. The molecule has 0 unspecified atom stereocenters. The normalized spacial score (nSPS) is 21.5. The summed E-state index contributed by atoms with van der Waals surface area (Å²) in [5.41, 5.74) is 1.38. The van der Waals surface area contributed by atoms with Gasteiger partial charge in [-0.05, 0) is 57.3 Å². The number of nitrogens with one attached hydrogen (secondary N) is 1. The maximum atomic E-state index is 4.57. The van der Waals surface area contributed by atoms with Crippen LogP contribution in [0.5, 0.6) is 0 Å². The van der Waals surface area contributed by atoms with Gasteiger partial charge in [-0.1, -0.05) is 19.9 Å². The van der Waals surface area contributed by atoms with Crippen LogP contribution in [0.4, 0.5) is 5.82 Å². The highest BCUT2D eigenvalue weighted by molar-refractivity contribution is 5.37. The first-order chi connectivity index (χ1) is 9.24. The maximum absolute atomic E-state index is 4.57. The van der Waals surface area contributed by atoms with Gasteiger partial charge < -0.3 is 5.32 Å². The Morgan fingerprint density at radius 2 is 2.26 bits per heavy atom. The number of hydrogen-bond donors (Lipinski definition) is 1. The van der Waals surface area contributed by atoms with Gasteiger partial charge in [0.2, 0.25) is 0 Å². The standard InChI is InChI=1S/C16H27N3/c1-4-10-19-11-6-7-15(19)14-8-9-16(17-12-14)18-13(3)5-2/h8-9,12-13,15H,4-7,10-11H2,1-3H3,(H,17,18)/t13-,15+/m1/s1. The molecule has 2 rings (SSSR count). The minimum absolute atomic E-state index is 0.487. The van der Waals surface area contributed by atoms with Crippen molar-refractivity contribution in [1.29, 1.82) is 0 Å². The molecule has 0 spiro atoms. The minimum Gasteiger partial charge on any atom is -0.368 e. The van der Waals surface area contributed by atoms with Crippen molar-refractivity contribution in [3.63, 3.8) is 0 Å². The zero-order valence-electron chi connectivity index (χ0n) is 12.5. The van der Waals surface area contributed by atoms with Crippen LogP contribution >= 0.6 is 0 Å².